The molecule has 0 unspecified atom stereocenters. The van der Waals surface area contributed by atoms with Crippen molar-refractivity contribution in [2.75, 3.05) is 10.2 Å². The molecule has 0 bridgehead atoms. The average molecular weight is 583 g/mol. The van der Waals surface area contributed by atoms with Crippen LogP contribution in [-0.4, -0.2) is 27.4 Å². The number of carbonyl (C=O) groups excluding carboxylic acids is 3. The van der Waals surface area contributed by atoms with Gasteiger partial charge in [-0.3, -0.25) is 24.6 Å². The Morgan fingerprint density at radius 3 is 2.48 bits per heavy atom. The third kappa shape index (κ3) is 5.47. The highest BCUT2D eigenvalue weighted by molar-refractivity contribution is 7.80. The number of thiocarbonyl (C=S) groups is 1. The second-order valence-electron chi connectivity index (χ2n) is 8.79. The van der Waals surface area contributed by atoms with Gasteiger partial charge in [-0.1, -0.05) is 35.9 Å². The lowest BCUT2D eigenvalue weighted by atomic mass is 10.1. The number of rotatable bonds is 5. The van der Waals surface area contributed by atoms with E-state index < -0.39 is 23.6 Å². The summed E-state index contributed by atoms with van der Waals surface area (Å²) in [6, 6.07) is 17.8. The zero-order chi connectivity index (χ0) is 28.6. The van der Waals surface area contributed by atoms with Gasteiger partial charge in [0.2, 0.25) is 5.91 Å². The molecule has 1 fully saturated rings. The van der Waals surface area contributed by atoms with Crippen LogP contribution in [0.1, 0.15) is 11.1 Å². The van der Waals surface area contributed by atoms with Gasteiger partial charge < -0.3 is 9.88 Å². The molecule has 12 heteroatoms. The number of alkyl halides is 3. The Morgan fingerprint density at radius 1 is 1.02 bits per heavy atom. The van der Waals surface area contributed by atoms with Crippen molar-refractivity contribution in [3.63, 3.8) is 0 Å². The molecule has 0 spiro atoms. The molecule has 1 aliphatic heterocycles. The second kappa shape index (κ2) is 10.6. The lowest BCUT2D eigenvalue weighted by Gasteiger charge is -2.29. The standard InChI is InChI=1S/C28H18ClF3N4O3S/c29-18-8-10-19(11-9-18)33-24(37)15-35-14-16(21-6-1-2-7-23(21)35)12-22-25(38)34-27(40)36(26(22)39)20-5-3-4-17(13-20)28(30,31)32/h1-14H,15H2,(H,33,37)(H,34,38,40)/b22-12+. The predicted molar refractivity (Wildman–Crippen MR) is 150 cm³/mol. The van der Waals surface area contributed by atoms with Crippen molar-refractivity contribution in [1.29, 1.82) is 0 Å². The van der Waals surface area contributed by atoms with Gasteiger partial charge in [0, 0.05) is 33.4 Å². The number of fused-ring (bicyclic) bond motifs is 1. The number of anilines is 2. The van der Waals surface area contributed by atoms with Crippen molar-refractivity contribution in [2.45, 2.75) is 12.7 Å². The van der Waals surface area contributed by atoms with E-state index in [0.717, 1.165) is 23.1 Å². The summed E-state index contributed by atoms with van der Waals surface area (Å²) < 4.78 is 41.5. The minimum atomic E-state index is -4.64. The van der Waals surface area contributed by atoms with Crippen molar-refractivity contribution < 1.29 is 27.6 Å². The van der Waals surface area contributed by atoms with Gasteiger partial charge in [-0.25, -0.2) is 0 Å². The van der Waals surface area contributed by atoms with Crippen LogP contribution in [0.25, 0.3) is 17.0 Å². The summed E-state index contributed by atoms with van der Waals surface area (Å²) in [5.74, 6) is -2.00. The van der Waals surface area contributed by atoms with E-state index in [1.54, 1.807) is 59.3 Å². The van der Waals surface area contributed by atoms with Crippen LogP contribution in [0.15, 0.2) is 84.6 Å². The van der Waals surface area contributed by atoms with Crippen LogP contribution < -0.4 is 15.5 Å². The van der Waals surface area contributed by atoms with E-state index in [4.69, 9.17) is 23.8 Å². The Balaban J connectivity index is 1.48. The van der Waals surface area contributed by atoms with Crippen LogP contribution in [0.5, 0.6) is 0 Å². The minimum absolute atomic E-state index is 0.0765. The van der Waals surface area contributed by atoms with Gasteiger partial charge in [0.15, 0.2) is 5.11 Å². The first-order valence-corrected chi connectivity index (χ1v) is 12.5. The Hall–Kier alpha value is -4.48. The molecule has 1 aromatic heterocycles. The molecule has 0 saturated carbocycles. The topological polar surface area (TPSA) is 83.4 Å². The lowest BCUT2D eigenvalue weighted by Crippen LogP contribution is -2.54. The van der Waals surface area contributed by atoms with Gasteiger partial charge in [-0.15, -0.1) is 0 Å². The van der Waals surface area contributed by atoms with E-state index in [2.05, 4.69) is 10.6 Å². The van der Waals surface area contributed by atoms with Crippen molar-refractivity contribution in [3.05, 3.63) is 101 Å². The van der Waals surface area contributed by atoms with E-state index >= 15 is 0 Å². The van der Waals surface area contributed by atoms with Crippen LogP contribution >= 0.6 is 23.8 Å². The molecule has 3 amide bonds. The SMILES string of the molecule is O=C(Cn1cc(/C=C2\C(=O)NC(=S)N(c3cccc(C(F)(F)F)c3)C2=O)c2ccccc21)Nc1ccc(Cl)cc1. The van der Waals surface area contributed by atoms with Gasteiger partial charge in [0.05, 0.1) is 11.3 Å². The van der Waals surface area contributed by atoms with Crippen LogP contribution in [0.3, 0.4) is 0 Å². The maximum absolute atomic E-state index is 13.4. The first kappa shape index (κ1) is 27.1. The molecule has 1 aliphatic rings. The number of halogens is 4. The monoisotopic (exact) mass is 582 g/mol. The lowest BCUT2D eigenvalue weighted by molar-refractivity contribution is -0.137. The fraction of sp³-hybridized carbons (Fsp3) is 0.0714. The number of hydrogen-bond donors (Lipinski definition) is 2. The molecule has 0 atom stereocenters. The summed E-state index contributed by atoms with van der Waals surface area (Å²) in [5.41, 5.74) is 0.225. The summed E-state index contributed by atoms with van der Waals surface area (Å²) in [4.78, 5) is 39.8. The number of aromatic nitrogens is 1. The minimum Gasteiger partial charge on any atom is -0.337 e. The molecule has 3 aromatic carbocycles. The largest absolute Gasteiger partial charge is 0.416 e. The van der Waals surface area contributed by atoms with Gasteiger partial charge in [0.25, 0.3) is 11.8 Å². The fourth-order valence-electron chi connectivity index (χ4n) is 4.28. The van der Waals surface area contributed by atoms with Crippen LogP contribution in [0, 0.1) is 0 Å². The molecule has 202 valence electrons. The smallest absolute Gasteiger partial charge is 0.337 e. The summed E-state index contributed by atoms with van der Waals surface area (Å²) in [6.07, 6.45) is -1.70. The second-order valence-corrected chi connectivity index (χ2v) is 9.61. The van der Waals surface area contributed by atoms with E-state index in [-0.39, 0.29) is 28.8 Å². The normalized spacial score (nSPS) is 15.1. The molecular formula is C28H18ClF3N4O3S. The van der Waals surface area contributed by atoms with E-state index in [0.29, 0.717) is 27.2 Å². The molecular weight excluding hydrogens is 565 g/mol. The number of benzene rings is 3. The van der Waals surface area contributed by atoms with Crippen LogP contribution in [0.4, 0.5) is 24.5 Å². The highest BCUT2D eigenvalue weighted by Crippen LogP contribution is 2.33. The average Bonchev–Trinajstić information content (AvgIpc) is 3.24. The van der Waals surface area contributed by atoms with Gasteiger partial charge in [-0.2, -0.15) is 13.2 Å². The van der Waals surface area contributed by atoms with E-state index in [1.807, 2.05) is 0 Å². The number of nitrogens with one attached hydrogen (secondary N) is 2. The summed E-state index contributed by atoms with van der Waals surface area (Å²) in [5, 5.41) is 5.99. The maximum atomic E-state index is 13.4. The van der Waals surface area contributed by atoms with Gasteiger partial charge >= 0.3 is 6.18 Å². The Labute approximate surface area is 235 Å². The van der Waals surface area contributed by atoms with E-state index in [9.17, 15) is 27.6 Å². The summed E-state index contributed by atoms with van der Waals surface area (Å²) in [7, 11) is 0. The zero-order valence-corrected chi connectivity index (χ0v) is 21.9. The molecule has 40 heavy (non-hydrogen) atoms. The number of amides is 3. The first-order chi connectivity index (χ1) is 19.0. The maximum Gasteiger partial charge on any atom is 0.416 e. The molecule has 0 aliphatic carbocycles. The van der Waals surface area contributed by atoms with Crippen LogP contribution in [-0.2, 0) is 27.1 Å². The third-order valence-corrected chi connectivity index (χ3v) is 6.63. The Bertz CT molecular complexity index is 1710. The molecule has 2 heterocycles. The third-order valence-electron chi connectivity index (χ3n) is 6.09. The molecule has 4 aromatic rings. The van der Waals surface area contributed by atoms with Crippen LogP contribution in [0.2, 0.25) is 5.02 Å². The summed E-state index contributed by atoms with van der Waals surface area (Å²) >= 11 is 11.0. The molecule has 0 radical (unpaired) electrons. The molecule has 7 nitrogen and oxygen atoms in total. The van der Waals surface area contributed by atoms with Crippen molar-refractivity contribution in [2.24, 2.45) is 0 Å². The number of carbonyl (C=O) groups is 3. The first-order valence-electron chi connectivity index (χ1n) is 11.7. The number of hydrogen-bond acceptors (Lipinski definition) is 4. The predicted octanol–water partition coefficient (Wildman–Crippen LogP) is 5.78. The molecule has 2 N–H and O–H groups in total. The zero-order valence-electron chi connectivity index (χ0n) is 20.3. The van der Waals surface area contributed by atoms with Crippen molar-refractivity contribution >= 4 is 75.0 Å². The Kier molecular flexibility index (Phi) is 7.17. The highest BCUT2D eigenvalue weighted by Gasteiger charge is 2.36. The highest BCUT2D eigenvalue weighted by atomic mass is 35.5. The van der Waals surface area contributed by atoms with Gasteiger partial charge in [0.1, 0.15) is 12.1 Å². The Morgan fingerprint density at radius 2 is 1.75 bits per heavy atom. The molecule has 5 rings (SSSR count). The fourth-order valence-corrected chi connectivity index (χ4v) is 4.69. The molecule has 1 saturated heterocycles. The summed E-state index contributed by atoms with van der Waals surface area (Å²) in [6.45, 7) is -0.0765. The number of nitrogens with zero attached hydrogens (tertiary/aromatic N) is 2. The number of para-hydroxylation sites is 1. The quantitative estimate of drug-likeness (QED) is 0.177. The van der Waals surface area contributed by atoms with Gasteiger partial charge in [-0.05, 0) is 66.8 Å². The van der Waals surface area contributed by atoms with Crippen molar-refractivity contribution in [3.8, 4) is 0 Å². The van der Waals surface area contributed by atoms with Crippen molar-refractivity contribution in [1.82, 2.24) is 9.88 Å². The van der Waals surface area contributed by atoms with E-state index in [1.165, 1.54) is 12.1 Å².